The Hall–Kier alpha value is -0.370. The lowest BCUT2D eigenvalue weighted by molar-refractivity contribution is -0.209. The lowest BCUT2D eigenvalue weighted by Crippen LogP contribution is -2.63. The molecule has 4 rings (SSSR count). The molecule has 0 amide bonds. The first-order valence-corrected chi connectivity index (χ1v) is 9.36. The number of fused-ring (bicyclic) bond motifs is 2. The van der Waals surface area contributed by atoms with Gasteiger partial charge in [0, 0.05) is 11.8 Å². The zero-order valence-corrected chi connectivity index (χ0v) is 14.7. The zero-order valence-electron chi connectivity index (χ0n) is 14.7. The minimum atomic E-state index is -0.262. The van der Waals surface area contributed by atoms with Crippen LogP contribution < -0.4 is 0 Å². The van der Waals surface area contributed by atoms with Crippen LogP contribution in [0.25, 0.3) is 0 Å². The van der Waals surface area contributed by atoms with Crippen LogP contribution in [-0.2, 0) is 4.79 Å². The molecule has 1 N–H and O–H groups in total. The molecule has 1 spiro atoms. The number of rotatable bonds is 0. The second-order valence-electron chi connectivity index (χ2n) is 10.2. The molecule has 0 saturated heterocycles. The van der Waals surface area contributed by atoms with Gasteiger partial charge in [-0.25, -0.2) is 0 Å². The molecule has 22 heavy (non-hydrogen) atoms. The van der Waals surface area contributed by atoms with E-state index in [9.17, 15) is 9.90 Å². The Morgan fingerprint density at radius 1 is 1.05 bits per heavy atom. The number of aliphatic hydroxyl groups excluding tert-OH is 1. The van der Waals surface area contributed by atoms with Crippen LogP contribution in [0.1, 0.15) is 79.1 Å². The fourth-order valence-corrected chi connectivity index (χ4v) is 7.69. The van der Waals surface area contributed by atoms with Crippen molar-refractivity contribution >= 4 is 5.78 Å². The first kappa shape index (κ1) is 15.2. The number of Topliss-reactive ketones (excluding diaryl/α,β-unsaturated/α-hetero) is 1. The third-order valence-electron chi connectivity index (χ3n) is 8.93. The largest absolute Gasteiger partial charge is 0.393 e. The van der Waals surface area contributed by atoms with E-state index in [2.05, 4.69) is 27.7 Å². The molecule has 0 aromatic rings. The highest BCUT2D eigenvalue weighted by Gasteiger charge is 2.70. The van der Waals surface area contributed by atoms with E-state index in [4.69, 9.17) is 0 Å². The Morgan fingerprint density at radius 3 is 2.50 bits per heavy atom. The molecule has 0 radical (unpaired) electrons. The highest BCUT2D eigenvalue weighted by Crippen LogP contribution is 2.75. The van der Waals surface area contributed by atoms with Crippen molar-refractivity contribution in [1.29, 1.82) is 0 Å². The molecule has 0 unspecified atom stereocenters. The van der Waals surface area contributed by atoms with Gasteiger partial charge in [-0.15, -0.1) is 0 Å². The Kier molecular flexibility index (Phi) is 2.88. The summed E-state index contributed by atoms with van der Waals surface area (Å²) in [5, 5.41) is 11.0. The highest BCUT2D eigenvalue weighted by molar-refractivity contribution is 5.86. The summed E-state index contributed by atoms with van der Waals surface area (Å²) in [6.07, 6.45) is 8.46. The van der Waals surface area contributed by atoms with Gasteiger partial charge in [0.1, 0.15) is 5.78 Å². The van der Waals surface area contributed by atoms with Crippen LogP contribution in [0.15, 0.2) is 0 Å². The maximum atomic E-state index is 12.7. The molecule has 4 fully saturated rings. The minimum absolute atomic E-state index is 0.0945. The van der Waals surface area contributed by atoms with Crippen LogP contribution in [0.3, 0.4) is 0 Å². The van der Waals surface area contributed by atoms with Gasteiger partial charge in [0.15, 0.2) is 0 Å². The predicted octanol–water partition coefficient (Wildman–Crippen LogP) is 4.35. The molecule has 2 heteroatoms. The lowest BCUT2D eigenvalue weighted by Gasteiger charge is -2.67. The average Bonchev–Trinajstić information content (AvgIpc) is 2.74. The number of hydrogen-bond donors (Lipinski definition) is 1. The number of aliphatic hydroxyl groups is 1. The van der Waals surface area contributed by atoms with Gasteiger partial charge in [0.2, 0.25) is 0 Å². The molecular formula is C20H32O2. The van der Waals surface area contributed by atoms with Crippen LogP contribution in [-0.4, -0.2) is 17.0 Å². The van der Waals surface area contributed by atoms with Crippen molar-refractivity contribution in [2.75, 3.05) is 0 Å². The second kappa shape index (κ2) is 4.18. The number of carbonyl (C=O) groups is 1. The van der Waals surface area contributed by atoms with E-state index in [1.807, 2.05) is 0 Å². The van der Waals surface area contributed by atoms with Crippen LogP contribution in [0.2, 0.25) is 0 Å². The smallest absolute Gasteiger partial charge is 0.139 e. The Morgan fingerprint density at radius 2 is 1.77 bits per heavy atom. The van der Waals surface area contributed by atoms with Crippen LogP contribution >= 0.6 is 0 Å². The Labute approximate surface area is 135 Å². The molecule has 2 bridgehead atoms. The third kappa shape index (κ3) is 1.58. The van der Waals surface area contributed by atoms with E-state index in [-0.39, 0.29) is 22.9 Å². The van der Waals surface area contributed by atoms with Gasteiger partial charge in [-0.1, -0.05) is 34.1 Å². The quantitative estimate of drug-likeness (QED) is 0.722. The van der Waals surface area contributed by atoms with E-state index in [0.29, 0.717) is 29.0 Å². The summed E-state index contributed by atoms with van der Waals surface area (Å²) in [5.74, 6) is 1.27. The lowest BCUT2D eigenvalue weighted by atomic mass is 9.38. The maximum Gasteiger partial charge on any atom is 0.139 e. The molecule has 0 heterocycles. The van der Waals surface area contributed by atoms with Crippen LogP contribution in [0.5, 0.6) is 0 Å². The first-order chi connectivity index (χ1) is 10.1. The number of ketones is 1. The van der Waals surface area contributed by atoms with Crippen LogP contribution in [0.4, 0.5) is 0 Å². The molecule has 0 aliphatic heterocycles. The van der Waals surface area contributed by atoms with E-state index < -0.39 is 0 Å². The van der Waals surface area contributed by atoms with Crippen molar-refractivity contribution in [3.63, 3.8) is 0 Å². The van der Waals surface area contributed by atoms with Gasteiger partial charge in [0.05, 0.1) is 6.10 Å². The summed E-state index contributed by atoms with van der Waals surface area (Å²) >= 11 is 0. The second-order valence-corrected chi connectivity index (χ2v) is 10.2. The predicted molar refractivity (Wildman–Crippen MR) is 87.4 cm³/mol. The Bertz CT molecular complexity index is 524. The van der Waals surface area contributed by atoms with E-state index in [1.165, 1.54) is 25.7 Å². The summed E-state index contributed by atoms with van der Waals surface area (Å²) in [5.41, 5.74) is 0.768. The summed E-state index contributed by atoms with van der Waals surface area (Å²) < 4.78 is 0. The fraction of sp³-hybridized carbons (Fsp3) is 0.950. The molecule has 124 valence electrons. The maximum absolute atomic E-state index is 12.7. The van der Waals surface area contributed by atoms with Gasteiger partial charge in [-0.2, -0.15) is 0 Å². The molecule has 4 saturated carbocycles. The SMILES string of the molecule is CC1(C)CCC[C@@]2(C)[C@H]1C[C@@H](O)[C@@H]1CC(=O)[C@@]3(C)CC[C@]12C3. The fourth-order valence-electron chi connectivity index (χ4n) is 7.69. The molecule has 4 aliphatic carbocycles. The third-order valence-corrected chi connectivity index (χ3v) is 8.93. The van der Waals surface area contributed by atoms with E-state index in [1.54, 1.807) is 0 Å². The molecule has 2 nitrogen and oxygen atoms in total. The topological polar surface area (TPSA) is 37.3 Å². The zero-order chi connectivity index (χ0) is 16.0. The van der Waals surface area contributed by atoms with Gasteiger partial charge in [0.25, 0.3) is 0 Å². The van der Waals surface area contributed by atoms with Crippen molar-refractivity contribution in [2.45, 2.75) is 85.2 Å². The molecule has 0 aromatic heterocycles. The van der Waals surface area contributed by atoms with Crippen molar-refractivity contribution in [2.24, 2.45) is 33.5 Å². The molecule has 4 aliphatic rings. The van der Waals surface area contributed by atoms with Crippen molar-refractivity contribution < 1.29 is 9.90 Å². The summed E-state index contributed by atoms with van der Waals surface area (Å²) in [7, 11) is 0. The van der Waals surface area contributed by atoms with Gasteiger partial charge < -0.3 is 5.11 Å². The standard InChI is InChI=1S/C20H32O2/c1-17(2)6-5-7-19(4)15(17)11-14(21)13-10-16(22)18(3)8-9-20(13,19)12-18/h13-15,21H,5-12H2,1-4H3/t13-,14+,15-,18-,19-,20-/m0/s1. The molecule has 0 aromatic carbocycles. The summed E-state index contributed by atoms with van der Waals surface area (Å²) in [6, 6.07) is 0. The number of hydrogen-bond acceptors (Lipinski definition) is 2. The van der Waals surface area contributed by atoms with Gasteiger partial charge >= 0.3 is 0 Å². The first-order valence-electron chi connectivity index (χ1n) is 9.36. The Balaban J connectivity index is 1.85. The van der Waals surface area contributed by atoms with E-state index in [0.717, 1.165) is 19.3 Å². The summed E-state index contributed by atoms with van der Waals surface area (Å²) in [6.45, 7) is 9.56. The monoisotopic (exact) mass is 304 g/mol. The average molecular weight is 304 g/mol. The van der Waals surface area contributed by atoms with E-state index >= 15 is 0 Å². The highest BCUT2D eigenvalue weighted by atomic mass is 16.3. The normalized spacial score (nSPS) is 56.4. The summed E-state index contributed by atoms with van der Waals surface area (Å²) in [4.78, 5) is 12.7. The van der Waals surface area contributed by atoms with Crippen molar-refractivity contribution in [3.8, 4) is 0 Å². The van der Waals surface area contributed by atoms with Crippen molar-refractivity contribution in [3.05, 3.63) is 0 Å². The van der Waals surface area contributed by atoms with Gasteiger partial charge in [-0.3, -0.25) is 4.79 Å². The van der Waals surface area contributed by atoms with Gasteiger partial charge in [-0.05, 0) is 66.6 Å². The molecule has 6 atom stereocenters. The molecular weight excluding hydrogens is 272 g/mol. The van der Waals surface area contributed by atoms with Crippen LogP contribution in [0, 0.1) is 33.5 Å². The minimum Gasteiger partial charge on any atom is -0.393 e. The van der Waals surface area contributed by atoms with Crippen molar-refractivity contribution in [1.82, 2.24) is 0 Å². The number of carbonyl (C=O) groups excluding carboxylic acids is 1.